The molecule has 0 saturated heterocycles. The summed E-state index contributed by atoms with van der Waals surface area (Å²) in [6, 6.07) is 15.9. The van der Waals surface area contributed by atoms with Gasteiger partial charge in [-0.3, -0.25) is 4.79 Å². The van der Waals surface area contributed by atoms with Crippen LogP contribution in [0.25, 0.3) is 16.7 Å². The molecule has 0 aliphatic rings. The molecule has 1 amide bonds. The molecular formula is C22H18N4O4. The van der Waals surface area contributed by atoms with Gasteiger partial charge in [0.2, 0.25) is 0 Å². The number of phenols is 1. The van der Waals surface area contributed by atoms with Crippen LogP contribution < -0.4 is 5.32 Å². The average molecular weight is 402 g/mol. The Kier molecular flexibility index (Phi) is 4.89. The molecule has 0 fully saturated rings. The first-order valence-corrected chi connectivity index (χ1v) is 9.12. The number of carbonyl (C=O) groups excluding carboxylic acids is 2. The number of hydrogen-bond acceptors (Lipinski definition) is 6. The Morgan fingerprint density at radius 1 is 1.03 bits per heavy atom. The third-order valence-electron chi connectivity index (χ3n) is 4.74. The number of amides is 1. The van der Waals surface area contributed by atoms with Crippen molar-refractivity contribution in [3.05, 3.63) is 77.6 Å². The molecule has 4 aromatic rings. The van der Waals surface area contributed by atoms with E-state index >= 15 is 0 Å². The van der Waals surface area contributed by atoms with Gasteiger partial charge in [0.15, 0.2) is 11.6 Å². The van der Waals surface area contributed by atoms with Crippen molar-refractivity contribution in [1.82, 2.24) is 14.8 Å². The van der Waals surface area contributed by atoms with Crippen molar-refractivity contribution in [2.45, 2.75) is 6.92 Å². The number of benzene rings is 2. The number of methoxy groups -OCH3 is 1. The topological polar surface area (TPSA) is 106 Å². The molecule has 0 aliphatic heterocycles. The smallest absolute Gasteiger partial charge is 0.341 e. The number of hydrogen-bond donors (Lipinski definition) is 2. The lowest BCUT2D eigenvalue weighted by Gasteiger charge is -2.10. The van der Waals surface area contributed by atoms with E-state index in [1.165, 1.54) is 31.5 Å². The molecule has 30 heavy (non-hydrogen) atoms. The fourth-order valence-electron chi connectivity index (χ4n) is 3.15. The summed E-state index contributed by atoms with van der Waals surface area (Å²) in [6.45, 7) is 1.75. The van der Waals surface area contributed by atoms with Crippen LogP contribution in [0.3, 0.4) is 0 Å². The number of phenolic OH excluding ortho intramolecular Hbond substituents is 1. The Balaban J connectivity index is 1.64. The number of fused-ring (bicyclic) bond motifs is 1. The van der Waals surface area contributed by atoms with Gasteiger partial charge in [-0.05, 0) is 37.3 Å². The van der Waals surface area contributed by atoms with Crippen LogP contribution in [0.4, 0.5) is 5.69 Å². The van der Waals surface area contributed by atoms with Crippen LogP contribution in [0.5, 0.6) is 5.75 Å². The Hall–Kier alpha value is -4.20. The first kappa shape index (κ1) is 19.1. The zero-order valence-corrected chi connectivity index (χ0v) is 16.3. The van der Waals surface area contributed by atoms with Crippen molar-refractivity contribution in [2.24, 2.45) is 0 Å². The molecule has 2 heterocycles. The zero-order chi connectivity index (χ0) is 21.3. The number of anilines is 1. The van der Waals surface area contributed by atoms with Crippen molar-refractivity contribution in [1.29, 1.82) is 0 Å². The Labute approximate surface area is 171 Å². The Morgan fingerprint density at radius 2 is 1.83 bits per heavy atom. The number of pyridine rings is 1. The first-order valence-electron chi connectivity index (χ1n) is 9.12. The molecule has 8 nitrogen and oxygen atoms in total. The summed E-state index contributed by atoms with van der Waals surface area (Å²) >= 11 is 0. The molecule has 2 N–H and O–H groups in total. The lowest BCUT2D eigenvalue weighted by Crippen LogP contribution is -2.14. The quantitative estimate of drug-likeness (QED) is 0.400. The van der Waals surface area contributed by atoms with E-state index in [1.807, 2.05) is 36.4 Å². The number of nitrogens with one attached hydrogen (secondary N) is 1. The normalized spacial score (nSPS) is 10.7. The summed E-state index contributed by atoms with van der Waals surface area (Å²) in [5.74, 6) is -0.952. The molecule has 0 unspecified atom stereocenters. The maximum Gasteiger partial charge on any atom is 0.341 e. The van der Waals surface area contributed by atoms with Crippen LogP contribution in [0.1, 0.15) is 26.4 Å². The summed E-state index contributed by atoms with van der Waals surface area (Å²) in [5, 5.41) is 18.2. The standard InChI is InChI=1S/C22H18N4O4/c1-13-16(21(28)25-18-9-5-7-15(20(18)27)22(29)30-2)12-23-26(13)19-11-10-14-6-3-4-8-17(14)24-19/h3-12,27H,1-2H3,(H,25,28). The molecule has 0 atom stereocenters. The van der Waals surface area contributed by atoms with E-state index in [9.17, 15) is 14.7 Å². The van der Waals surface area contributed by atoms with E-state index in [4.69, 9.17) is 0 Å². The predicted molar refractivity (Wildman–Crippen MR) is 111 cm³/mol. The third-order valence-corrected chi connectivity index (χ3v) is 4.74. The van der Waals surface area contributed by atoms with Crippen molar-refractivity contribution >= 4 is 28.5 Å². The summed E-state index contributed by atoms with van der Waals surface area (Å²) in [4.78, 5) is 29.1. The fraction of sp³-hybridized carbons (Fsp3) is 0.0909. The largest absolute Gasteiger partial charge is 0.505 e. The van der Waals surface area contributed by atoms with Gasteiger partial charge in [0.25, 0.3) is 5.91 Å². The van der Waals surface area contributed by atoms with Gasteiger partial charge < -0.3 is 15.2 Å². The monoisotopic (exact) mass is 402 g/mol. The van der Waals surface area contributed by atoms with E-state index < -0.39 is 11.9 Å². The lowest BCUT2D eigenvalue weighted by atomic mass is 10.1. The second kappa shape index (κ2) is 7.67. The molecule has 0 saturated carbocycles. The number of esters is 1. The average Bonchev–Trinajstić information content (AvgIpc) is 3.15. The van der Waals surface area contributed by atoms with Gasteiger partial charge in [-0.1, -0.05) is 24.3 Å². The van der Waals surface area contributed by atoms with Gasteiger partial charge >= 0.3 is 5.97 Å². The number of para-hydroxylation sites is 2. The fourth-order valence-corrected chi connectivity index (χ4v) is 3.15. The Bertz CT molecular complexity index is 1280. The zero-order valence-electron chi connectivity index (χ0n) is 16.3. The summed E-state index contributed by atoms with van der Waals surface area (Å²) in [7, 11) is 1.21. The molecule has 8 heteroatoms. The Morgan fingerprint density at radius 3 is 2.63 bits per heavy atom. The maximum absolute atomic E-state index is 12.8. The van der Waals surface area contributed by atoms with Gasteiger partial charge in [0.1, 0.15) is 5.56 Å². The second-order valence-corrected chi connectivity index (χ2v) is 6.57. The summed E-state index contributed by atoms with van der Waals surface area (Å²) in [5.41, 5.74) is 1.77. The van der Waals surface area contributed by atoms with E-state index in [1.54, 1.807) is 11.6 Å². The minimum atomic E-state index is -0.699. The highest BCUT2D eigenvalue weighted by molar-refractivity contribution is 6.07. The molecule has 0 radical (unpaired) electrons. The number of aromatic hydroxyl groups is 1. The molecule has 4 rings (SSSR count). The number of carbonyl (C=O) groups is 2. The highest BCUT2D eigenvalue weighted by atomic mass is 16.5. The molecule has 2 aromatic carbocycles. The van der Waals surface area contributed by atoms with Crippen LogP contribution in [-0.4, -0.2) is 38.9 Å². The van der Waals surface area contributed by atoms with Gasteiger partial charge in [0, 0.05) is 5.39 Å². The molecule has 0 aliphatic carbocycles. The lowest BCUT2D eigenvalue weighted by molar-refractivity contribution is 0.0597. The molecule has 150 valence electrons. The second-order valence-electron chi connectivity index (χ2n) is 6.57. The third kappa shape index (κ3) is 3.35. The van der Waals surface area contributed by atoms with Gasteiger partial charge in [-0.25, -0.2) is 14.5 Å². The number of rotatable bonds is 4. The van der Waals surface area contributed by atoms with E-state index in [2.05, 4.69) is 20.1 Å². The highest BCUT2D eigenvalue weighted by Gasteiger charge is 2.20. The summed E-state index contributed by atoms with van der Waals surface area (Å²) in [6.07, 6.45) is 1.43. The van der Waals surface area contributed by atoms with Crippen LogP contribution in [-0.2, 0) is 4.74 Å². The first-order chi connectivity index (χ1) is 14.5. The van der Waals surface area contributed by atoms with Crippen LogP contribution in [0.15, 0.2) is 60.8 Å². The maximum atomic E-state index is 12.8. The minimum absolute atomic E-state index is 0.0388. The van der Waals surface area contributed by atoms with E-state index in [-0.39, 0.29) is 17.0 Å². The minimum Gasteiger partial charge on any atom is -0.505 e. The molecular weight excluding hydrogens is 384 g/mol. The number of nitrogens with zero attached hydrogens (tertiary/aromatic N) is 3. The van der Waals surface area contributed by atoms with E-state index in [0.717, 1.165) is 10.9 Å². The number of aromatic nitrogens is 3. The molecule has 0 bridgehead atoms. The van der Waals surface area contributed by atoms with Gasteiger partial charge in [-0.2, -0.15) is 5.10 Å². The molecule has 2 aromatic heterocycles. The summed E-state index contributed by atoms with van der Waals surface area (Å²) < 4.78 is 6.21. The highest BCUT2D eigenvalue weighted by Crippen LogP contribution is 2.28. The predicted octanol–water partition coefficient (Wildman–Crippen LogP) is 3.47. The SMILES string of the molecule is COC(=O)c1cccc(NC(=O)c2cnn(-c3ccc4ccccc4n3)c2C)c1O. The van der Waals surface area contributed by atoms with Crippen molar-refractivity contribution in [3.63, 3.8) is 0 Å². The van der Waals surface area contributed by atoms with Crippen molar-refractivity contribution in [2.75, 3.05) is 12.4 Å². The van der Waals surface area contributed by atoms with E-state index in [0.29, 0.717) is 17.1 Å². The van der Waals surface area contributed by atoms with Crippen LogP contribution in [0.2, 0.25) is 0 Å². The van der Waals surface area contributed by atoms with Gasteiger partial charge in [0.05, 0.1) is 35.8 Å². The van der Waals surface area contributed by atoms with Gasteiger partial charge in [-0.15, -0.1) is 0 Å². The number of ether oxygens (including phenoxy) is 1. The van der Waals surface area contributed by atoms with Crippen molar-refractivity contribution < 1.29 is 19.4 Å². The molecule has 0 spiro atoms. The van der Waals surface area contributed by atoms with Crippen LogP contribution >= 0.6 is 0 Å². The van der Waals surface area contributed by atoms with Crippen molar-refractivity contribution in [3.8, 4) is 11.6 Å². The van der Waals surface area contributed by atoms with Crippen LogP contribution in [0, 0.1) is 6.92 Å².